The van der Waals surface area contributed by atoms with Crippen LogP contribution in [0.1, 0.15) is 38.3 Å². The molecule has 2 fully saturated rings. The van der Waals surface area contributed by atoms with Crippen LogP contribution in [0, 0.1) is 17.7 Å². The SMILES string of the molecule is CCC[C@]1(C(=O)OCC)N[C@@H](c2ccc(F)cc2)[C@H]2C(=O)N(C)C(=O)[C@H]21. The third-order valence-corrected chi connectivity index (χ3v) is 5.39. The van der Waals surface area contributed by atoms with E-state index in [2.05, 4.69) is 5.32 Å². The van der Waals surface area contributed by atoms with Gasteiger partial charge in [-0.15, -0.1) is 0 Å². The molecule has 140 valence electrons. The van der Waals surface area contributed by atoms with Crippen molar-refractivity contribution in [3.8, 4) is 0 Å². The first-order chi connectivity index (χ1) is 12.4. The molecule has 2 saturated heterocycles. The second-order valence-electron chi connectivity index (χ2n) is 6.85. The molecule has 2 heterocycles. The largest absolute Gasteiger partial charge is 0.465 e. The number of rotatable bonds is 5. The van der Waals surface area contributed by atoms with Crippen molar-refractivity contribution in [1.29, 1.82) is 0 Å². The topological polar surface area (TPSA) is 75.7 Å². The van der Waals surface area contributed by atoms with Gasteiger partial charge in [0.05, 0.1) is 18.4 Å². The highest BCUT2D eigenvalue weighted by Gasteiger charge is 2.67. The number of carbonyl (C=O) groups excluding carboxylic acids is 3. The summed E-state index contributed by atoms with van der Waals surface area (Å²) in [6.45, 7) is 3.80. The maximum Gasteiger partial charge on any atom is 0.327 e. The van der Waals surface area contributed by atoms with Crippen LogP contribution in [0.5, 0.6) is 0 Å². The number of benzene rings is 1. The molecular weight excluding hydrogens is 339 g/mol. The number of imide groups is 1. The number of nitrogens with zero attached hydrogens (tertiary/aromatic N) is 1. The first-order valence-electron chi connectivity index (χ1n) is 8.89. The van der Waals surface area contributed by atoms with Gasteiger partial charge in [-0.05, 0) is 31.0 Å². The zero-order valence-electron chi connectivity index (χ0n) is 15.1. The van der Waals surface area contributed by atoms with Crippen molar-refractivity contribution in [1.82, 2.24) is 10.2 Å². The third kappa shape index (κ3) is 2.61. The van der Waals surface area contributed by atoms with Crippen molar-refractivity contribution in [2.45, 2.75) is 38.3 Å². The van der Waals surface area contributed by atoms with E-state index >= 15 is 0 Å². The summed E-state index contributed by atoms with van der Waals surface area (Å²) in [5, 5.41) is 3.24. The van der Waals surface area contributed by atoms with E-state index in [0.717, 1.165) is 4.90 Å². The number of fused-ring (bicyclic) bond motifs is 1. The maximum absolute atomic E-state index is 13.3. The molecule has 1 N–H and O–H groups in total. The third-order valence-electron chi connectivity index (χ3n) is 5.39. The number of nitrogens with one attached hydrogen (secondary N) is 1. The summed E-state index contributed by atoms with van der Waals surface area (Å²) in [7, 11) is 1.44. The summed E-state index contributed by atoms with van der Waals surface area (Å²) in [5.41, 5.74) is -0.591. The zero-order chi connectivity index (χ0) is 19.1. The Morgan fingerprint density at radius 1 is 1.23 bits per heavy atom. The van der Waals surface area contributed by atoms with Crippen LogP contribution in [-0.4, -0.2) is 41.9 Å². The molecule has 4 atom stereocenters. The van der Waals surface area contributed by atoms with Crippen molar-refractivity contribution in [2.75, 3.05) is 13.7 Å². The number of halogens is 1. The quantitative estimate of drug-likeness (QED) is 0.639. The molecule has 1 aromatic carbocycles. The van der Waals surface area contributed by atoms with E-state index in [1.807, 2.05) is 6.92 Å². The van der Waals surface area contributed by atoms with E-state index in [1.54, 1.807) is 19.1 Å². The Morgan fingerprint density at radius 3 is 2.46 bits per heavy atom. The van der Waals surface area contributed by atoms with Crippen LogP contribution in [0.15, 0.2) is 24.3 Å². The van der Waals surface area contributed by atoms with E-state index in [9.17, 15) is 18.8 Å². The standard InChI is InChI=1S/C19H23FN2O4/c1-4-10-19(18(25)26-5-2)14-13(16(23)22(3)17(14)24)15(21-19)11-6-8-12(20)9-7-11/h6-9,13-15,21H,4-5,10H2,1-3H3/t13-,14-,15-,19-/m0/s1. The van der Waals surface area contributed by atoms with Gasteiger partial charge in [0.15, 0.2) is 0 Å². The molecule has 2 aliphatic heterocycles. The van der Waals surface area contributed by atoms with Crippen molar-refractivity contribution in [2.24, 2.45) is 11.8 Å². The smallest absolute Gasteiger partial charge is 0.327 e. The van der Waals surface area contributed by atoms with Crippen LogP contribution >= 0.6 is 0 Å². The molecule has 6 nitrogen and oxygen atoms in total. The molecule has 1 aromatic rings. The van der Waals surface area contributed by atoms with Crippen LogP contribution in [0.3, 0.4) is 0 Å². The number of likely N-dealkylation sites (tertiary alicyclic amines) is 1. The molecule has 2 amide bonds. The van der Waals surface area contributed by atoms with E-state index in [4.69, 9.17) is 4.74 Å². The highest BCUT2D eigenvalue weighted by molar-refractivity contribution is 6.09. The Morgan fingerprint density at radius 2 is 1.88 bits per heavy atom. The van der Waals surface area contributed by atoms with Gasteiger partial charge < -0.3 is 4.74 Å². The molecule has 26 heavy (non-hydrogen) atoms. The highest BCUT2D eigenvalue weighted by atomic mass is 19.1. The Hall–Kier alpha value is -2.28. The van der Waals surface area contributed by atoms with E-state index in [0.29, 0.717) is 18.4 Å². The number of esters is 1. The first kappa shape index (κ1) is 18.5. The predicted octanol–water partition coefficient (Wildman–Crippen LogP) is 1.80. The van der Waals surface area contributed by atoms with Gasteiger partial charge in [-0.25, -0.2) is 4.39 Å². The highest BCUT2D eigenvalue weighted by Crippen LogP contribution is 2.50. The van der Waals surface area contributed by atoms with Gasteiger partial charge in [0.1, 0.15) is 11.4 Å². The van der Waals surface area contributed by atoms with E-state index < -0.39 is 29.4 Å². The van der Waals surface area contributed by atoms with Crippen molar-refractivity contribution < 1.29 is 23.5 Å². The molecular formula is C19H23FN2O4. The minimum Gasteiger partial charge on any atom is -0.465 e. The average molecular weight is 362 g/mol. The second kappa shape index (κ2) is 6.79. The molecule has 0 bridgehead atoms. The van der Waals surface area contributed by atoms with Gasteiger partial charge >= 0.3 is 5.97 Å². The summed E-state index contributed by atoms with van der Waals surface area (Å²) < 4.78 is 18.6. The number of hydrogen-bond donors (Lipinski definition) is 1. The lowest BCUT2D eigenvalue weighted by molar-refractivity contribution is -0.156. The molecule has 0 aliphatic carbocycles. The molecule has 0 spiro atoms. The predicted molar refractivity (Wildman–Crippen MR) is 91.3 cm³/mol. The molecule has 0 unspecified atom stereocenters. The van der Waals surface area contributed by atoms with Gasteiger partial charge in [-0.1, -0.05) is 25.5 Å². The van der Waals surface area contributed by atoms with Crippen molar-refractivity contribution in [3.05, 3.63) is 35.6 Å². The molecule has 0 aromatic heterocycles. The average Bonchev–Trinajstić information content (AvgIpc) is 3.07. The minimum absolute atomic E-state index is 0.183. The molecule has 2 aliphatic rings. The van der Waals surface area contributed by atoms with Gasteiger partial charge in [-0.2, -0.15) is 0 Å². The number of hydrogen-bond acceptors (Lipinski definition) is 5. The normalized spacial score (nSPS) is 30.6. The zero-order valence-corrected chi connectivity index (χ0v) is 15.1. The minimum atomic E-state index is -1.26. The number of amides is 2. The lowest BCUT2D eigenvalue weighted by atomic mass is 9.77. The van der Waals surface area contributed by atoms with Crippen molar-refractivity contribution >= 4 is 17.8 Å². The number of carbonyl (C=O) groups is 3. The van der Waals surface area contributed by atoms with Crippen LogP contribution in [0.4, 0.5) is 4.39 Å². The fourth-order valence-electron chi connectivity index (χ4n) is 4.28. The fraction of sp³-hybridized carbons (Fsp3) is 0.526. The Labute approximate surface area is 151 Å². The van der Waals surface area contributed by atoms with Crippen LogP contribution in [0.2, 0.25) is 0 Å². The lowest BCUT2D eigenvalue weighted by Crippen LogP contribution is -2.56. The van der Waals surface area contributed by atoms with Gasteiger partial charge in [-0.3, -0.25) is 24.6 Å². The Bertz CT molecular complexity index is 736. The summed E-state index contributed by atoms with van der Waals surface area (Å²) in [4.78, 5) is 39.5. The van der Waals surface area contributed by atoms with Crippen LogP contribution < -0.4 is 5.32 Å². The van der Waals surface area contributed by atoms with Gasteiger partial charge in [0.2, 0.25) is 11.8 Å². The summed E-state index contributed by atoms with van der Waals surface area (Å²) in [6, 6.07) is 5.21. The number of ether oxygens (including phenoxy) is 1. The second-order valence-corrected chi connectivity index (χ2v) is 6.85. The maximum atomic E-state index is 13.3. The molecule has 3 rings (SSSR count). The lowest BCUT2D eigenvalue weighted by Gasteiger charge is -2.32. The summed E-state index contributed by atoms with van der Waals surface area (Å²) in [5.74, 6) is -3.15. The molecule has 7 heteroatoms. The Balaban J connectivity index is 2.11. The van der Waals surface area contributed by atoms with E-state index in [1.165, 1.54) is 19.2 Å². The van der Waals surface area contributed by atoms with Crippen LogP contribution in [0.25, 0.3) is 0 Å². The Kier molecular flexibility index (Phi) is 4.84. The molecule has 0 saturated carbocycles. The van der Waals surface area contributed by atoms with Gasteiger partial charge in [0, 0.05) is 13.1 Å². The first-order valence-corrected chi connectivity index (χ1v) is 8.89. The van der Waals surface area contributed by atoms with Crippen molar-refractivity contribution in [3.63, 3.8) is 0 Å². The van der Waals surface area contributed by atoms with Crippen LogP contribution in [-0.2, 0) is 19.1 Å². The molecule has 0 radical (unpaired) electrons. The summed E-state index contributed by atoms with van der Waals surface area (Å²) >= 11 is 0. The fourth-order valence-corrected chi connectivity index (χ4v) is 4.28. The van der Waals surface area contributed by atoms with Gasteiger partial charge in [0.25, 0.3) is 0 Å². The monoisotopic (exact) mass is 362 g/mol. The summed E-state index contributed by atoms with van der Waals surface area (Å²) in [6.07, 6.45) is 1.01. The van der Waals surface area contributed by atoms with E-state index in [-0.39, 0.29) is 24.2 Å².